The molecule has 20 heavy (non-hydrogen) atoms. The molecule has 3 amide bonds. The molecule has 0 aliphatic carbocycles. The van der Waals surface area contributed by atoms with Gasteiger partial charge >= 0.3 is 12.0 Å². The van der Waals surface area contributed by atoms with Crippen LogP contribution in [0.25, 0.3) is 0 Å². The lowest BCUT2D eigenvalue weighted by atomic mass is 10.0. The average molecular weight is 287 g/mol. The van der Waals surface area contributed by atoms with Gasteiger partial charge < -0.3 is 25.8 Å². The van der Waals surface area contributed by atoms with Crippen LogP contribution in [0.5, 0.6) is 0 Å². The second-order valence-electron chi connectivity index (χ2n) is 4.97. The Labute approximate surface area is 117 Å². The molecule has 1 saturated heterocycles. The Morgan fingerprint density at radius 3 is 2.70 bits per heavy atom. The highest BCUT2D eigenvalue weighted by atomic mass is 16.5. The van der Waals surface area contributed by atoms with Crippen molar-refractivity contribution in [3.63, 3.8) is 0 Å². The summed E-state index contributed by atoms with van der Waals surface area (Å²) in [4.78, 5) is 35.0. The molecule has 0 saturated carbocycles. The van der Waals surface area contributed by atoms with Crippen molar-refractivity contribution in [3.8, 4) is 0 Å². The summed E-state index contributed by atoms with van der Waals surface area (Å²) in [6.45, 7) is 1.82. The summed E-state index contributed by atoms with van der Waals surface area (Å²) in [6.07, 6.45) is 1.50. The Morgan fingerprint density at radius 2 is 2.20 bits per heavy atom. The van der Waals surface area contributed by atoms with Crippen LogP contribution in [0.15, 0.2) is 0 Å². The second-order valence-corrected chi connectivity index (χ2v) is 4.97. The Bertz CT molecular complexity index is 368. The lowest BCUT2D eigenvalue weighted by Gasteiger charge is -2.28. The van der Waals surface area contributed by atoms with Gasteiger partial charge in [-0.15, -0.1) is 0 Å². The van der Waals surface area contributed by atoms with Crippen LogP contribution < -0.4 is 11.1 Å². The zero-order chi connectivity index (χ0) is 15.1. The summed E-state index contributed by atoms with van der Waals surface area (Å²) >= 11 is 0. The average Bonchev–Trinajstić information content (AvgIpc) is 2.38. The smallest absolute Gasteiger partial charge is 0.326 e. The minimum atomic E-state index is -1.30. The van der Waals surface area contributed by atoms with E-state index in [1.165, 1.54) is 4.90 Å². The molecule has 0 aromatic rings. The fourth-order valence-electron chi connectivity index (χ4n) is 2.08. The van der Waals surface area contributed by atoms with Crippen molar-refractivity contribution in [3.05, 3.63) is 0 Å². The van der Waals surface area contributed by atoms with Gasteiger partial charge in [-0.25, -0.2) is 9.59 Å². The summed E-state index contributed by atoms with van der Waals surface area (Å²) in [7, 11) is 1.58. The van der Waals surface area contributed by atoms with Crippen molar-refractivity contribution >= 4 is 17.9 Å². The number of hydrogen-bond acceptors (Lipinski definition) is 4. The molecule has 0 spiro atoms. The number of nitrogens with one attached hydrogen (secondary N) is 1. The molecule has 0 aromatic heterocycles. The van der Waals surface area contributed by atoms with Crippen molar-refractivity contribution in [1.29, 1.82) is 0 Å². The number of carbonyl (C=O) groups excluding carboxylic acids is 2. The number of aliphatic carboxylic acids is 1. The number of carbonyl (C=O) groups is 3. The number of ether oxygens (including phenoxy) is 1. The van der Waals surface area contributed by atoms with Crippen molar-refractivity contribution < 1.29 is 24.2 Å². The first-order chi connectivity index (χ1) is 9.40. The largest absolute Gasteiger partial charge is 0.480 e. The first-order valence-electron chi connectivity index (χ1n) is 6.50. The van der Waals surface area contributed by atoms with E-state index in [0.717, 1.165) is 19.4 Å². The standard InChI is InChI=1S/C12H21N3O5/c1-15(6-8-3-2-4-20-7-8)12(19)14-9(11(17)18)5-10(13)16/h8-9H,2-7H2,1H3,(H2,13,16)(H,14,19)(H,17,18)/t8?,9-/m1/s1. The van der Waals surface area contributed by atoms with Gasteiger partial charge in [0.05, 0.1) is 13.0 Å². The van der Waals surface area contributed by atoms with Crippen molar-refractivity contribution in [2.45, 2.75) is 25.3 Å². The zero-order valence-corrected chi connectivity index (χ0v) is 11.5. The van der Waals surface area contributed by atoms with Crippen LogP contribution in [-0.2, 0) is 14.3 Å². The number of carboxylic acids is 1. The quantitative estimate of drug-likeness (QED) is 0.601. The molecule has 1 aliphatic heterocycles. The Morgan fingerprint density at radius 1 is 1.50 bits per heavy atom. The van der Waals surface area contributed by atoms with Crippen LogP contribution in [0.1, 0.15) is 19.3 Å². The molecule has 0 radical (unpaired) electrons. The van der Waals surface area contributed by atoms with Gasteiger partial charge in [0, 0.05) is 26.1 Å². The van der Waals surface area contributed by atoms with E-state index in [0.29, 0.717) is 13.2 Å². The lowest BCUT2D eigenvalue weighted by Crippen LogP contribution is -2.49. The first kappa shape index (κ1) is 16.2. The van der Waals surface area contributed by atoms with Crippen molar-refractivity contribution in [2.75, 3.05) is 26.8 Å². The van der Waals surface area contributed by atoms with Crippen LogP contribution in [0.2, 0.25) is 0 Å². The molecule has 1 aliphatic rings. The van der Waals surface area contributed by atoms with Gasteiger partial charge in [0.2, 0.25) is 5.91 Å². The number of urea groups is 1. The van der Waals surface area contributed by atoms with E-state index in [1.807, 2.05) is 0 Å². The van der Waals surface area contributed by atoms with Gasteiger partial charge in [0.1, 0.15) is 6.04 Å². The third-order valence-electron chi connectivity index (χ3n) is 3.13. The van der Waals surface area contributed by atoms with Gasteiger partial charge in [0.15, 0.2) is 0 Å². The Balaban J connectivity index is 2.45. The zero-order valence-electron chi connectivity index (χ0n) is 11.5. The second kappa shape index (κ2) is 7.68. The molecule has 1 rings (SSSR count). The molecule has 4 N–H and O–H groups in total. The Kier molecular flexibility index (Phi) is 6.23. The normalized spacial score (nSPS) is 19.9. The highest BCUT2D eigenvalue weighted by Gasteiger charge is 2.25. The molecule has 1 heterocycles. The molecular formula is C12H21N3O5. The lowest BCUT2D eigenvalue weighted by molar-refractivity contribution is -0.140. The highest BCUT2D eigenvalue weighted by Crippen LogP contribution is 2.14. The molecule has 0 aromatic carbocycles. The molecular weight excluding hydrogens is 266 g/mol. The summed E-state index contributed by atoms with van der Waals surface area (Å²) < 4.78 is 5.32. The molecule has 0 bridgehead atoms. The number of carboxylic acid groups (broad SMARTS) is 1. The van der Waals surface area contributed by atoms with Gasteiger partial charge in [-0.05, 0) is 12.8 Å². The summed E-state index contributed by atoms with van der Waals surface area (Å²) in [5.74, 6) is -1.81. The van der Waals surface area contributed by atoms with Gasteiger partial charge in [-0.3, -0.25) is 4.79 Å². The fraction of sp³-hybridized carbons (Fsp3) is 0.750. The number of primary amides is 1. The van der Waals surface area contributed by atoms with Crippen LogP contribution in [0, 0.1) is 5.92 Å². The minimum Gasteiger partial charge on any atom is -0.480 e. The Hall–Kier alpha value is -1.83. The van der Waals surface area contributed by atoms with E-state index in [2.05, 4.69) is 5.32 Å². The van der Waals surface area contributed by atoms with E-state index >= 15 is 0 Å². The van der Waals surface area contributed by atoms with Crippen LogP contribution in [-0.4, -0.2) is 60.8 Å². The minimum absolute atomic E-state index is 0.249. The molecule has 114 valence electrons. The topological polar surface area (TPSA) is 122 Å². The molecule has 8 heteroatoms. The van der Waals surface area contributed by atoms with E-state index in [-0.39, 0.29) is 5.92 Å². The highest BCUT2D eigenvalue weighted by molar-refractivity contribution is 5.87. The number of rotatable bonds is 6. The summed E-state index contributed by atoms with van der Waals surface area (Å²) in [6, 6.07) is -1.84. The van der Waals surface area contributed by atoms with Crippen LogP contribution >= 0.6 is 0 Å². The van der Waals surface area contributed by atoms with Gasteiger partial charge in [-0.1, -0.05) is 0 Å². The number of amides is 3. The maximum atomic E-state index is 11.9. The van der Waals surface area contributed by atoms with E-state index in [9.17, 15) is 14.4 Å². The van der Waals surface area contributed by atoms with Crippen LogP contribution in [0.3, 0.4) is 0 Å². The third-order valence-corrected chi connectivity index (χ3v) is 3.13. The maximum absolute atomic E-state index is 11.9. The monoisotopic (exact) mass is 287 g/mol. The van der Waals surface area contributed by atoms with Crippen molar-refractivity contribution in [1.82, 2.24) is 10.2 Å². The van der Waals surface area contributed by atoms with Gasteiger partial charge in [-0.2, -0.15) is 0 Å². The molecule has 1 unspecified atom stereocenters. The summed E-state index contributed by atoms with van der Waals surface area (Å²) in [5.41, 5.74) is 4.95. The fourth-order valence-corrected chi connectivity index (χ4v) is 2.08. The van der Waals surface area contributed by atoms with E-state index in [4.69, 9.17) is 15.6 Å². The SMILES string of the molecule is CN(CC1CCCOC1)C(=O)N[C@H](CC(N)=O)C(=O)O. The van der Waals surface area contributed by atoms with Crippen molar-refractivity contribution in [2.24, 2.45) is 11.7 Å². The predicted molar refractivity (Wildman–Crippen MR) is 69.9 cm³/mol. The van der Waals surface area contributed by atoms with Crippen LogP contribution in [0.4, 0.5) is 4.79 Å². The molecule has 1 fully saturated rings. The number of nitrogens with zero attached hydrogens (tertiary/aromatic N) is 1. The summed E-state index contributed by atoms with van der Waals surface area (Å²) in [5, 5.41) is 11.2. The third kappa shape index (κ3) is 5.43. The number of hydrogen-bond donors (Lipinski definition) is 3. The van der Waals surface area contributed by atoms with E-state index in [1.54, 1.807) is 7.05 Å². The first-order valence-corrected chi connectivity index (χ1v) is 6.50. The van der Waals surface area contributed by atoms with E-state index < -0.39 is 30.4 Å². The molecule has 2 atom stereocenters. The number of nitrogens with two attached hydrogens (primary N) is 1. The predicted octanol–water partition coefficient (Wildman–Crippen LogP) is -0.617. The molecule has 8 nitrogen and oxygen atoms in total. The maximum Gasteiger partial charge on any atom is 0.326 e. The van der Waals surface area contributed by atoms with Gasteiger partial charge in [0.25, 0.3) is 0 Å².